The number of ether oxygens (including phenoxy) is 2. The van der Waals surface area contributed by atoms with Gasteiger partial charge in [0.1, 0.15) is 5.84 Å². The maximum atomic E-state index is 5.58. The molecule has 1 unspecified atom stereocenters. The zero-order chi connectivity index (χ0) is 15.4. The van der Waals surface area contributed by atoms with E-state index in [9.17, 15) is 0 Å². The van der Waals surface area contributed by atoms with Crippen LogP contribution in [0.15, 0.2) is 53.5 Å². The van der Waals surface area contributed by atoms with Crippen molar-refractivity contribution in [2.75, 3.05) is 14.2 Å². The summed E-state index contributed by atoms with van der Waals surface area (Å²) in [5.41, 5.74) is 4.90. The summed E-state index contributed by atoms with van der Waals surface area (Å²) in [7, 11) is 3.22. The Morgan fingerprint density at radius 2 is 1.86 bits per heavy atom. The number of amidine groups is 1. The summed E-state index contributed by atoms with van der Waals surface area (Å²) in [5, 5.41) is 0. The lowest BCUT2D eigenvalue weighted by Crippen LogP contribution is -2.19. The van der Waals surface area contributed by atoms with Crippen LogP contribution in [0.4, 0.5) is 0 Å². The van der Waals surface area contributed by atoms with Gasteiger partial charge in [0.15, 0.2) is 11.5 Å². The molecule has 5 nitrogen and oxygen atoms in total. The van der Waals surface area contributed by atoms with Gasteiger partial charge in [0.05, 0.1) is 19.8 Å². The molecule has 2 aromatic rings. The predicted octanol–water partition coefficient (Wildman–Crippen LogP) is 2.88. The van der Waals surface area contributed by atoms with Gasteiger partial charge in [-0.25, -0.2) is 9.83 Å². The van der Waals surface area contributed by atoms with Crippen molar-refractivity contribution in [2.24, 2.45) is 4.99 Å². The molecule has 114 valence electrons. The van der Waals surface area contributed by atoms with E-state index in [0.717, 1.165) is 11.4 Å². The molecule has 0 bridgehead atoms. The Labute approximate surface area is 129 Å². The molecule has 0 spiro atoms. The maximum Gasteiger partial charge on any atom is 0.206 e. The molecule has 0 amide bonds. The summed E-state index contributed by atoms with van der Waals surface area (Å²) in [6, 6.07) is 15.8. The van der Waals surface area contributed by atoms with Crippen LogP contribution in [0.25, 0.3) is 0 Å². The van der Waals surface area contributed by atoms with Gasteiger partial charge in [-0.2, -0.15) is 0 Å². The second kappa shape index (κ2) is 6.49. The molecule has 0 radical (unpaired) electrons. The predicted molar refractivity (Wildman–Crippen MR) is 84.1 cm³/mol. The molecular formula is C17H18N2O3. The summed E-state index contributed by atoms with van der Waals surface area (Å²) >= 11 is 0. The molecule has 0 saturated carbocycles. The van der Waals surface area contributed by atoms with Gasteiger partial charge in [-0.15, -0.1) is 0 Å². The number of nitrogens with one attached hydrogen (secondary N) is 1. The normalized spacial score (nSPS) is 16.8. The minimum atomic E-state index is -0.441. The summed E-state index contributed by atoms with van der Waals surface area (Å²) in [4.78, 5) is 10.2. The Kier molecular flexibility index (Phi) is 4.25. The van der Waals surface area contributed by atoms with Gasteiger partial charge in [-0.1, -0.05) is 42.5 Å². The molecule has 2 aromatic carbocycles. The molecule has 3 rings (SSSR count). The van der Waals surface area contributed by atoms with E-state index in [-0.39, 0.29) is 0 Å². The topological polar surface area (TPSA) is 52.1 Å². The Balaban J connectivity index is 1.82. The van der Waals surface area contributed by atoms with Gasteiger partial charge in [-0.3, -0.25) is 5.48 Å². The quantitative estimate of drug-likeness (QED) is 0.922. The smallest absolute Gasteiger partial charge is 0.206 e. The number of nitrogens with zero attached hydrogens (tertiary/aromatic N) is 1. The highest BCUT2D eigenvalue weighted by atomic mass is 16.7. The monoisotopic (exact) mass is 298 g/mol. The van der Waals surface area contributed by atoms with Crippen LogP contribution in [0.5, 0.6) is 11.5 Å². The molecule has 1 N–H and O–H groups in total. The van der Waals surface area contributed by atoms with Gasteiger partial charge >= 0.3 is 0 Å². The first-order valence-electron chi connectivity index (χ1n) is 7.05. The summed E-state index contributed by atoms with van der Waals surface area (Å²) in [6.07, 6.45) is 0.257. The number of hydroxylamine groups is 1. The lowest BCUT2D eigenvalue weighted by atomic mass is 10.1. The molecule has 5 heteroatoms. The summed E-state index contributed by atoms with van der Waals surface area (Å²) < 4.78 is 10.7. The Hall–Kier alpha value is -2.53. The number of methoxy groups -OCH3 is 2. The highest BCUT2D eigenvalue weighted by Crippen LogP contribution is 2.37. The summed E-state index contributed by atoms with van der Waals surface area (Å²) in [6.45, 7) is 0. The van der Waals surface area contributed by atoms with Crippen LogP contribution in [-0.4, -0.2) is 20.1 Å². The van der Waals surface area contributed by atoms with E-state index < -0.39 is 6.23 Å². The Bertz CT molecular complexity index is 671. The van der Waals surface area contributed by atoms with Crippen LogP contribution in [0.3, 0.4) is 0 Å². The number of benzene rings is 2. The number of rotatable bonds is 5. The van der Waals surface area contributed by atoms with E-state index in [4.69, 9.17) is 14.3 Å². The molecule has 1 aliphatic rings. The summed E-state index contributed by atoms with van der Waals surface area (Å²) in [5.74, 6) is 2.10. The number of para-hydroxylation sites is 1. The van der Waals surface area contributed by atoms with Crippen molar-refractivity contribution in [1.82, 2.24) is 5.48 Å². The minimum absolute atomic E-state index is 0.441. The molecular weight excluding hydrogens is 280 g/mol. The zero-order valence-electron chi connectivity index (χ0n) is 12.6. The largest absolute Gasteiger partial charge is 0.493 e. The van der Waals surface area contributed by atoms with E-state index in [2.05, 4.69) is 22.6 Å². The fourth-order valence-corrected chi connectivity index (χ4v) is 2.43. The molecule has 1 heterocycles. The first kappa shape index (κ1) is 14.4. The molecule has 0 saturated heterocycles. The van der Waals surface area contributed by atoms with Crippen molar-refractivity contribution >= 4 is 5.84 Å². The standard InChI is InChI=1S/C17H18N2O3/c1-20-14-10-6-9-13(16(14)21-2)17-18-15(19-22-17)11-12-7-4-3-5-8-12/h3-10,17H,11H2,1-2H3,(H,18,19). The Morgan fingerprint density at radius 3 is 2.59 bits per heavy atom. The highest BCUT2D eigenvalue weighted by Gasteiger charge is 2.24. The molecule has 22 heavy (non-hydrogen) atoms. The lowest BCUT2D eigenvalue weighted by molar-refractivity contribution is 0.0355. The minimum Gasteiger partial charge on any atom is -0.493 e. The fraction of sp³-hybridized carbons (Fsp3) is 0.235. The second-order valence-electron chi connectivity index (χ2n) is 4.89. The van der Waals surface area contributed by atoms with E-state index in [1.54, 1.807) is 14.2 Å². The third kappa shape index (κ3) is 2.89. The van der Waals surface area contributed by atoms with Gasteiger partial charge in [0, 0.05) is 6.42 Å². The maximum absolute atomic E-state index is 5.58. The molecule has 0 fully saturated rings. The van der Waals surface area contributed by atoms with Gasteiger partial charge < -0.3 is 9.47 Å². The number of aliphatic imine (C=N–C) groups is 1. The molecule has 1 aliphatic heterocycles. The number of hydrogen-bond acceptors (Lipinski definition) is 5. The van der Waals surface area contributed by atoms with Crippen LogP contribution in [0, 0.1) is 0 Å². The SMILES string of the molecule is COc1cccc(C2N=C(Cc3ccccc3)NO2)c1OC. The van der Waals surface area contributed by atoms with Gasteiger partial charge in [-0.05, 0) is 11.6 Å². The fourth-order valence-electron chi connectivity index (χ4n) is 2.43. The van der Waals surface area contributed by atoms with Crippen molar-refractivity contribution in [3.8, 4) is 11.5 Å². The average Bonchev–Trinajstić information content (AvgIpc) is 3.03. The first-order chi connectivity index (χ1) is 10.8. The van der Waals surface area contributed by atoms with Crippen molar-refractivity contribution in [3.05, 3.63) is 59.7 Å². The van der Waals surface area contributed by atoms with E-state index in [1.807, 2.05) is 36.4 Å². The highest BCUT2D eigenvalue weighted by molar-refractivity contribution is 5.84. The van der Waals surface area contributed by atoms with Gasteiger partial charge in [0.2, 0.25) is 6.23 Å². The average molecular weight is 298 g/mol. The lowest BCUT2D eigenvalue weighted by Gasteiger charge is -2.14. The molecule has 0 aliphatic carbocycles. The van der Waals surface area contributed by atoms with Crippen molar-refractivity contribution < 1.29 is 14.3 Å². The Morgan fingerprint density at radius 1 is 1.05 bits per heavy atom. The van der Waals surface area contributed by atoms with E-state index >= 15 is 0 Å². The second-order valence-corrected chi connectivity index (χ2v) is 4.89. The van der Waals surface area contributed by atoms with Crippen LogP contribution < -0.4 is 15.0 Å². The number of hydrogen-bond donors (Lipinski definition) is 1. The molecule has 1 atom stereocenters. The van der Waals surface area contributed by atoms with Crippen molar-refractivity contribution in [2.45, 2.75) is 12.6 Å². The van der Waals surface area contributed by atoms with Crippen LogP contribution in [-0.2, 0) is 11.3 Å². The molecule has 0 aromatic heterocycles. The van der Waals surface area contributed by atoms with Crippen molar-refractivity contribution in [3.63, 3.8) is 0 Å². The van der Waals surface area contributed by atoms with Crippen LogP contribution in [0.1, 0.15) is 17.4 Å². The van der Waals surface area contributed by atoms with E-state index in [0.29, 0.717) is 17.9 Å². The van der Waals surface area contributed by atoms with Crippen LogP contribution in [0.2, 0.25) is 0 Å². The van der Waals surface area contributed by atoms with Crippen molar-refractivity contribution in [1.29, 1.82) is 0 Å². The van der Waals surface area contributed by atoms with E-state index in [1.165, 1.54) is 5.56 Å². The van der Waals surface area contributed by atoms with Crippen LogP contribution >= 0.6 is 0 Å². The third-order valence-electron chi connectivity index (χ3n) is 3.48. The third-order valence-corrected chi connectivity index (χ3v) is 3.48. The van der Waals surface area contributed by atoms with Gasteiger partial charge in [0.25, 0.3) is 0 Å². The zero-order valence-corrected chi connectivity index (χ0v) is 12.6. The first-order valence-corrected chi connectivity index (χ1v) is 7.05.